The fourth-order valence-electron chi connectivity index (χ4n) is 1.25. The first kappa shape index (κ1) is 13.9. The number of nitrogens with one attached hydrogen (secondary N) is 1. The fourth-order valence-corrected chi connectivity index (χ4v) is 1.25. The molecule has 0 aliphatic heterocycles. The fraction of sp³-hybridized carbons (Fsp3) is 0.364. The van der Waals surface area contributed by atoms with Crippen LogP contribution >= 0.6 is 12.4 Å². The van der Waals surface area contributed by atoms with Gasteiger partial charge in [0.05, 0.1) is 6.04 Å². The molecule has 0 aromatic heterocycles. The molecule has 1 aromatic rings. The van der Waals surface area contributed by atoms with E-state index in [-0.39, 0.29) is 18.3 Å². The molecule has 1 rings (SSSR count). The third kappa shape index (κ3) is 3.53. The minimum absolute atomic E-state index is 0. The van der Waals surface area contributed by atoms with Gasteiger partial charge in [-0.1, -0.05) is 18.2 Å². The minimum Gasteiger partial charge on any atom is -0.324 e. The molecule has 0 saturated carbocycles. The summed E-state index contributed by atoms with van der Waals surface area (Å²) >= 11 is 0. The number of hydrogen-bond donors (Lipinski definition) is 2. The van der Waals surface area contributed by atoms with E-state index in [0.717, 1.165) is 16.8 Å². The second-order valence-corrected chi connectivity index (χ2v) is 3.54. The molecule has 0 saturated heterocycles. The van der Waals surface area contributed by atoms with E-state index in [2.05, 4.69) is 5.32 Å². The van der Waals surface area contributed by atoms with Gasteiger partial charge in [-0.15, -0.1) is 12.4 Å². The van der Waals surface area contributed by atoms with Gasteiger partial charge in [0, 0.05) is 5.69 Å². The van der Waals surface area contributed by atoms with Crippen molar-refractivity contribution in [3.63, 3.8) is 0 Å². The number of anilines is 1. The van der Waals surface area contributed by atoms with Crippen LogP contribution in [0.15, 0.2) is 18.2 Å². The number of para-hydroxylation sites is 1. The highest BCUT2D eigenvalue weighted by molar-refractivity contribution is 5.95. The topological polar surface area (TPSA) is 55.1 Å². The summed E-state index contributed by atoms with van der Waals surface area (Å²) in [5.74, 6) is -0.151. The van der Waals surface area contributed by atoms with Crippen LogP contribution in [-0.4, -0.2) is 11.9 Å². The number of rotatable bonds is 2. The maximum Gasteiger partial charge on any atom is 0.241 e. The molecular formula is C11H17ClN2O. The number of nitrogens with two attached hydrogens (primary N) is 1. The molecule has 1 atom stereocenters. The highest BCUT2D eigenvalue weighted by atomic mass is 35.5. The summed E-state index contributed by atoms with van der Waals surface area (Å²) in [5.41, 5.74) is 8.45. The Bertz CT molecular complexity index is 330. The van der Waals surface area contributed by atoms with Crippen molar-refractivity contribution >= 4 is 24.0 Å². The quantitative estimate of drug-likeness (QED) is 0.814. The standard InChI is InChI=1S/C11H16N2O.ClH/c1-7-5-4-6-8(2)10(7)13-11(14)9(3)12;/h4-6,9H,12H2,1-3H3,(H,13,14);1H/t9-;/m0./s1. The molecule has 0 aliphatic rings. The average Bonchev–Trinajstić information content (AvgIpc) is 2.11. The zero-order valence-corrected chi connectivity index (χ0v) is 10.0. The zero-order valence-electron chi connectivity index (χ0n) is 9.20. The van der Waals surface area contributed by atoms with Gasteiger partial charge in [-0.2, -0.15) is 0 Å². The van der Waals surface area contributed by atoms with E-state index in [1.54, 1.807) is 6.92 Å². The van der Waals surface area contributed by atoms with Crippen LogP contribution in [0.25, 0.3) is 0 Å². The smallest absolute Gasteiger partial charge is 0.241 e. The van der Waals surface area contributed by atoms with Gasteiger partial charge in [0.15, 0.2) is 0 Å². The van der Waals surface area contributed by atoms with Crippen molar-refractivity contribution in [1.82, 2.24) is 0 Å². The molecule has 0 unspecified atom stereocenters. The van der Waals surface area contributed by atoms with Crippen molar-refractivity contribution < 1.29 is 4.79 Å². The summed E-state index contributed by atoms with van der Waals surface area (Å²) in [7, 11) is 0. The van der Waals surface area contributed by atoms with Gasteiger partial charge >= 0.3 is 0 Å². The molecule has 1 amide bonds. The maximum absolute atomic E-state index is 11.4. The van der Waals surface area contributed by atoms with Gasteiger partial charge in [-0.25, -0.2) is 0 Å². The number of carbonyl (C=O) groups excluding carboxylic acids is 1. The van der Waals surface area contributed by atoms with Crippen LogP contribution in [0, 0.1) is 13.8 Å². The van der Waals surface area contributed by atoms with Crippen molar-refractivity contribution in [1.29, 1.82) is 0 Å². The lowest BCUT2D eigenvalue weighted by atomic mass is 10.1. The second-order valence-electron chi connectivity index (χ2n) is 3.54. The Balaban J connectivity index is 0.00000196. The average molecular weight is 229 g/mol. The molecule has 15 heavy (non-hydrogen) atoms. The predicted octanol–water partition coefficient (Wildman–Crippen LogP) is 2.01. The molecule has 0 aliphatic carbocycles. The summed E-state index contributed by atoms with van der Waals surface area (Å²) < 4.78 is 0. The summed E-state index contributed by atoms with van der Waals surface area (Å²) in [6.45, 7) is 5.59. The van der Waals surface area contributed by atoms with Crippen molar-refractivity contribution in [3.8, 4) is 0 Å². The van der Waals surface area contributed by atoms with E-state index in [1.165, 1.54) is 0 Å². The Labute approximate surface area is 96.5 Å². The summed E-state index contributed by atoms with van der Waals surface area (Å²) in [5, 5.41) is 2.81. The molecule has 0 radical (unpaired) electrons. The summed E-state index contributed by atoms with van der Waals surface area (Å²) in [6.07, 6.45) is 0. The lowest BCUT2D eigenvalue weighted by molar-refractivity contribution is -0.117. The number of halogens is 1. The molecule has 0 heterocycles. The zero-order chi connectivity index (χ0) is 10.7. The first-order valence-electron chi connectivity index (χ1n) is 4.65. The Morgan fingerprint density at radius 1 is 1.33 bits per heavy atom. The lowest BCUT2D eigenvalue weighted by Gasteiger charge is -2.12. The van der Waals surface area contributed by atoms with E-state index in [1.807, 2.05) is 32.0 Å². The molecule has 3 N–H and O–H groups in total. The van der Waals surface area contributed by atoms with Crippen LogP contribution in [0.5, 0.6) is 0 Å². The predicted molar refractivity (Wildman–Crippen MR) is 65.4 cm³/mol. The first-order valence-corrected chi connectivity index (χ1v) is 4.65. The van der Waals surface area contributed by atoms with E-state index in [4.69, 9.17) is 5.73 Å². The molecular weight excluding hydrogens is 212 g/mol. The van der Waals surface area contributed by atoms with Gasteiger partial charge in [0.1, 0.15) is 0 Å². The molecule has 0 spiro atoms. The van der Waals surface area contributed by atoms with Crippen molar-refractivity contribution in [3.05, 3.63) is 29.3 Å². The third-order valence-electron chi connectivity index (χ3n) is 2.14. The number of hydrogen-bond acceptors (Lipinski definition) is 2. The highest BCUT2D eigenvalue weighted by Gasteiger charge is 2.10. The Hall–Kier alpha value is -1.06. The second kappa shape index (κ2) is 5.73. The van der Waals surface area contributed by atoms with Crippen LogP contribution in [0.4, 0.5) is 5.69 Å². The van der Waals surface area contributed by atoms with Crippen molar-refractivity contribution in [2.75, 3.05) is 5.32 Å². The maximum atomic E-state index is 11.4. The highest BCUT2D eigenvalue weighted by Crippen LogP contribution is 2.19. The molecule has 3 nitrogen and oxygen atoms in total. The van der Waals surface area contributed by atoms with Gasteiger partial charge in [0.2, 0.25) is 5.91 Å². The van der Waals surface area contributed by atoms with Crippen LogP contribution < -0.4 is 11.1 Å². The molecule has 1 aromatic carbocycles. The van der Waals surface area contributed by atoms with Gasteiger partial charge in [0.25, 0.3) is 0 Å². The van der Waals surface area contributed by atoms with Crippen molar-refractivity contribution in [2.24, 2.45) is 5.73 Å². The van der Waals surface area contributed by atoms with Gasteiger partial charge < -0.3 is 11.1 Å². The van der Waals surface area contributed by atoms with Crippen molar-refractivity contribution in [2.45, 2.75) is 26.8 Å². The Kier molecular flexibility index (Phi) is 5.33. The van der Waals surface area contributed by atoms with Crippen LogP contribution in [0.2, 0.25) is 0 Å². The van der Waals surface area contributed by atoms with Crippen LogP contribution in [-0.2, 0) is 4.79 Å². The number of carbonyl (C=O) groups is 1. The van der Waals surface area contributed by atoms with Gasteiger partial charge in [-0.3, -0.25) is 4.79 Å². The molecule has 4 heteroatoms. The summed E-state index contributed by atoms with van der Waals surface area (Å²) in [6, 6.07) is 5.41. The van der Waals surface area contributed by atoms with E-state index < -0.39 is 6.04 Å². The molecule has 0 bridgehead atoms. The minimum atomic E-state index is -0.478. The van der Waals surface area contributed by atoms with Gasteiger partial charge in [-0.05, 0) is 31.9 Å². The number of aryl methyl sites for hydroxylation is 2. The third-order valence-corrected chi connectivity index (χ3v) is 2.14. The monoisotopic (exact) mass is 228 g/mol. The van der Waals surface area contributed by atoms with E-state index >= 15 is 0 Å². The van der Waals surface area contributed by atoms with E-state index in [9.17, 15) is 4.79 Å². The first-order chi connectivity index (χ1) is 6.52. The number of benzene rings is 1. The molecule has 84 valence electrons. The number of amides is 1. The largest absolute Gasteiger partial charge is 0.324 e. The molecule has 0 fully saturated rings. The van der Waals surface area contributed by atoms with Crippen LogP contribution in [0.1, 0.15) is 18.1 Å². The lowest BCUT2D eigenvalue weighted by Crippen LogP contribution is -2.32. The summed E-state index contributed by atoms with van der Waals surface area (Å²) in [4.78, 5) is 11.4. The Morgan fingerprint density at radius 2 is 1.80 bits per heavy atom. The normalized spacial score (nSPS) is 11.5. The van der Waals surface area contributed by atoms with E-state index in [0.29, 0.717) is 0 Å². The SMILES string of the molecule is Cc1cccc(C)c1NC(=O)[C@H](C)N.Cl. The Morgan fingerprint density at radius 3 is 2.20 bits per heavy atom. The van der Waals surface area contributed by atoms with Crippen LogP contribution in [0.3, 0.4) is 0 Å².